The summed E-state index contributed by atoms with van der Waals surface area (Å²) in [5.41, 5.74) is 4.22. The van der Waals surface area contributed by atoms with Gasteiger partial charge in [0.2, 0.25) is 5.91 Å². The Labute approximate surface area is 168 Å². The molecule has 3 heterocycles. The molecule has 0 saturated carbocycles. The Kier molecular flexibility index (Phi) is 5.57. The first kappa shape index (κ1) is 19.2. The Balaban J connectivity index is 1.50. The summed E-state index contributed by atoms with van der Waals surface area (Å²) in [4.78, 5) is 18.0. The molecule has 2 atom stereocenters. The molecule has 1 fully saturated rings. The number of hydrogen-bond acceptors (Lipinski definition) is 5. The van der Waals surface area contributed by atoms with Crippen LogP contribution in [-0.2, 0) is 22.6 Å². The molecule has 2 aromatic rings. The van der Waals surface area contributed by atoms with Crippen molar-refractivity contribution in [3.8, 4) is 16.9 Å². The molecule has 6 nitrogen and oxygen atoms in total. The summed E-state index contributed by atoms with van der Waals surface area (Å²) in [7, 11) is 1.83. The zero-order valence-corrected chi connectivity index (χ0v) is 17.1. The fourth-order valence-electron chi connectivity index (χ4n) is 3.83. The highest BCUT2D eigenvalue weighted by Gasteiger charge is 2.31. The van der Waals surface area contributed by atoms with E-state index in [1.54, 1.807) is 11.1 Å². The number of aryl methyl sites for hydroxylation is 1. The van der Waals surface area contributed by atoms with Crippen molar-refractivity contribution in [2.24, 2.45) is 0 Å². The molecule has 4 rings (SSSR count). The minimum Gasteiger partial charge on any atom is -0.598 e. The maximum Gasteiger partial charge on any atom is 0.227 e. The van der Waals surface area contributed by atoms with Crippen molar-refractivity contribution in [2.45, 2.75) is 32.3 Å². The van der Waals surface area contributed by atoms with Crippen LogP contribution >= 0.6 is 0 Å². The van der Waals surface area contributed by atoms with Gasteiger partial charge in [-0.15, -0.1) is 4.31 Å². The highest BCUT2D eigenvalue weighted by Crippen LogP contribution is 2.32. The molecule has 1 saturated heterocycles. The standard InChI is InChI=1S/C21H25N3O3S/c1-3-28(26)24-9-8-18(14-24)27-19-11-17(12-22-13-19)15-4-6-20-16(10-15)5-7-21(25)23(20)2/h4,6,10-13,18H,3,5,7-9,14H2,1-2H3. The fourth-order valence-corrected chi connectivity index (χ4v) is 4.84. The highest BCUT2D eigenvalue weighted by atomic mass is 32.2. The first-order chi connectivity index (χ1) is 13.5. The van der Waals surface area contributed by atoms with Crippen molar-refractivity contribution in [3.63, 3.8) is 0 Å². The second kappa shape index (κ2) is 8.11. The third kappa shape index (κ3) is 3.87. The van der Waals surface area contributed by atoms with Crippen LogP contribution < -0.4 is 9.64 Å². The van der Waals surface area contributed by atoms with Gasteiger partial charge in [-0.1, -0.05) is 6.07 Å². The zero-order valence-electron chi connectivity index (χ0n) is 16.3. The van der Waals surface area contributed by atoms with Gasteiger partial charge in [-0.2, -0.15) is 0 Å². The Hall–Kier alpha value is -2.09. The molecule has 0 aliphatic carbocycles. The summed E-state index contributed by atoms with van der Waals surface area (Å²) < 4.78 is 20.0. The number of amides is 1. The molecule has 0 spiro atoms. The molecular weight excluding hydrogens is 374 g/mol. The molecule has 0 radical (unpaired) electrons. The third-order valence-corrected chi connectivity index (χ3v) is 6.82. The predicted octanol–water partition coefficient (Wildman–Crippen LogP) is 2.79. The van der Waals surface area contributed by atoms with Gasteiger partial charge >= 0.3 is 0 Å². The smallest absolute Gasteiger partial charge is 0.227 e. The average Bonchev–Trinajstić information content (AvgIpc) is 3.18. The van der Waals surface area contributed by atoms with Gasteiger partial charge in [0.25, 0.3) is 0 Å². The van der Waals surface area contributed by atoms with E-state index in [2.05, 4.69) is 11.1 Å². The molecule has 1 aromatic carbocycles. The van der Waals surface area contributed by atoms with E-state index in [1.807, 2.05) is 42.7 Å². The molecule has 0 bridgehead atoms. The summed E-state index contributed by atoms with van der Waals surface area (Å²) in [5, 5.41) is 0. The second-order valence-electron chi connectivity index (χ2n) is 7.23. The number of pyridine rings is 1. The number of benzene rings is 1. The van der Waals surface area contributed by atoms with E-state index >= 15 is 0 Å². The van der Waals surface area contributed by atoms with Gasteiger partial charge < -0.3 is 14.2 Å². The van der Waals surface area contributed by atoms with Gasteiger partial charge in [0.05, 0.1) is 12.7 Å². The Morgan fingerprint density at radius 2 is 2.11 bits per heavy atom. The lowest BCUT2D eigenvalue weighted by Gasteiger charge is -2.26. The van der Waals surface area contributed by atoms with Gasteiger partial charge in [0, 0.05) is 55.2 Å². The number of carbonyl (C=O) groups is 1. The van der Waals surface area contributed by atoms with Crippen LogP contribution in [0.4, 0.5) is 5.69 Å². The van der Waals surface area contributed by atoms with Gasteiger partial charge in [0.1, 0.15) is 17.6 Å². The largest absolute Gasteiger partial charge is 0.598 e. The lowest BCUT2D eigenvalue weighted by atomic mass is 9.97. The number of nitrogens with zero attached hydrogens (tertiary/aromatic N) is 3. The van der Waals surface area contributed by atoms with E-state index < -0.39 is 11.4 Å². The molecule has 2 aliphatic rings. The van der Waals surface area contributed by atoms with Crippen molar-refractivity contribution >= 4 is 23.0 Å². The first-order valence-electron chi connectivity index (χ1n) is 9.70. The van der Waals surface area contributed by atoms with Crippen molar-refractivity contribution in [3.05, 3.63) is 42.2 Å². The van der Waals surface area contributed by atoms with Gasteiger partial charge in [0.15, 0.2) is 0 Å². The molecule has 28 heavy (non-hydrogen) atoms. The summed E-state index contributed by atoms with van der Waals surface area (Å²) in [6, 6.07) is 8.17. The molecule has 148 valence electrons. The lowest BCUT2D eigenvalue weighted by Crippen LogP contribution is -2.32. The van der Waals surface area contributed by atoms with Crippen LogP contribution in [0.1, 0.15) is 25.3 Å². The number of aromatic nitrogens is 1. The normalized spacial score (nSPS) is 20.9. The van der Waals surface area contributed by atoms with Crippen LogP contribution in [0, 0.1) is 0 Å². The quantitative estimate of drug-likeness (QED) is 0.723. The van der Waals surface area contributed by atoms with E-state index in [4.69, 9.17) is 4.74 Å². The molecule has 7 heteroatoms. The Morgan fingerprint density at radius 1 is 1.25 bits per heavy atom. The minimum absolute atomic E-state index is 0.0377. The summed E-state index contributed by atoms with van der Waals surface area (Å²) in [5.74, 6) is 1.53. The van der Waals surface area contributed by atoms with Crippen molar-refractivity contribution in [1.82, 2.24) is 9.29 Å². The monoisotopic (exact) mass is 399 g/mol. The molecular formula is C21H25N3O3S. The summed E-state index contributed by atoms with van der Waals surface area (Å²) in [6.45, 7) is 3.42. The molecule has 1 amide bonds. The number of carbonyl (C=O) groups excluding carboxylic acids is 1. The maximum absolute atomic E-state index is 12.0. The van der Waals surface area contributed by atoms with E-state index in [0.29, 0.717) is 18.7 Å². The maximum atomic E-state index is 12.0. The minimum atomic E-state index is -0.912. The highest BCUT2D eigenvalue weighted by molar-refractivity contribution is 7.89. The number of rotatable bonds is 5. The molecule has 0 N–H and O–H groups in total. The fraction of sp³-hybridized carbons (Fsp3) is 0.429. The van der Waals surface area contributed by atoms with Gasteiger partial charge in [-0.25, -0.2) is 0 Å². The van der Waals surface area contributed by atoms with Crippen LogP contribution in [0.5, 0.6) is 5.75 Å². The topological polar surface area (TPSA) is 68.7 Å². The number of hydrogen-bond donors (Lipinski definition) is 0. The SMILES string of the molecule is CC[S+]([O-])N1CCC(Oc2cncc(-c3ccc4c(c3)CCC(=O)N4C)c2)C1. The van der Waals surface area contributed by atoms with E-state index in [1.165, 1.54) is 5.56 Å². The first-order valence-corrected chi connectivity index (χ1v) is 11.0. The van der Waals surface area contributed by atoms with Crippen LogP contribution in [0.15, 0.2) is 36.7 Å². The molecule has 2 unspecified atom stereocenters. The van der Waals surface area contributed by atoms with E-state index in [0.717, 1.165) is 42.0 Å². The molecule has 1 aromatic heterocycles. The number of anilines is 1. The van der Waals surface area contributed by atoms with E-state index in [-0.39, 0.29) is 12.0 Å². The van der Waals surface area contributed by atoms with Crippen LogP contribution in [0.3, 0.4) is 0 Å². The van der Waals surface area contributed by atoms with Crippen molar-refractivity contribution < 1.29 is 14.1 Å². The van der Waals surface area contributed by atoms with Crippen molar-refractivity contribution in [2.75, 3.05) is 30.8 Å². The van der Waals surface area contributed by atoms with Gasteiger partial charge in [-0.3, -0.25) is 9.78 Å². The summed E-state index contributed by atoms with van der Waals surface area (Å²) in [6.07, 6.45) is 5.78. The molecule has 2 aliphatic heterocycles. The second-order valence-corrected chi connectivity index (χ2v) is 8.97. The summed E-state index contributed by atoms with van der Waals surface area (Å²) >= 11 is -0.912. The Morgan fingerprint density at radius 3 is 2.93 bits per heavy atom. The zero-order chi connectivity index (χ0) is 19.7. The van der Waals surface area contributed by atoms with Crippen LogP contribution in [-0.4, -0.2) is 51.7 Å². The van der Waals surface area contributed by atoms with Crippen LogP contribution in [0.25, 0.3) is 11.1 Å². The lowest BCUT2D eigenvalue weighted by molar-refractivity contribution is -0.118. The van der Waals surface area contributed by atoms with Crippen LogP contribution in [0.2, 0.25) is 0 Å². The Bertz CT molecular complexity index is 876. The average molecular weight is 400 g/mol. The van der Waals surface area contributed by atoms with Gasteiger partial charge in [-0.05, 0) is 42.7 Å². The van der Waals surface area contributed by atoms with Crippen molar-refractivity contribution in [1.29, 1.82) is 0 Å². The predicted molar refractivity (Wildman–Crippen MR) is 111 cm³/mol. The number of fused-ring (bicyclic) bond motifs is 1. The third-order valence-electron chi connectivity index (χ3n) is 5.42. The number of ether oxygens (including phenoxy) is 1. The van der Waals surface area contributed by atoms with E-state index in [9.17, 15) is 9.35 Å².